The van der Waals surface area contributed by atoms with Crippen molar-refractivity contribution < 1.29 is 14.6 Å². The second-order valence-corrected chi connectivity index (χ2v) is 5.73. The van der Waals surface area contributed by atoms with E-state index in [0.717, 1.165) is 20.7 Å². The highest BCUT2D eigenvalue weighted by molar-refractivity contribution is 7.19. The van der Waals surface area contributed by atoms with E-state index in [1.165, 1.54) is 0 Å². The van der Waals surface area contributed by atoms with Gasteiger partial charge in [0, 0.05) is 9.58 Å². The summed E-state index contributed by atoms with van der Waals surface area (Å²) < 4.78 is 6.27. The SMILES string of the molecule is COc1ccc2sc(C(C(=O)O)C(C)C)cc2c1. The minimum atomic E-state index is -0.761. The zero-order valence-electron chi connectivity index (χ0n) is 10.6. The van der Waals surface area contributed by atoms with Gasteiger partial charge < -0.3 is 9.84 Å². The number of carboxylic acids is 1. The monoisotopic (exact) mass is 264 g/mol. The van der Waals surface area contributed by atoms with Gasteiger partial charge >= 0.3 is 5.97 Å². The van der Waals surface area contributed by atoms with E-state index >= 15 is 0 Å². The van der Waals surface area contributed by atoms with Crippen LogP contribution in [0.2, 0.25) is 0 Å². The molecule has 2 rings (SSSR count). The fourth-order valence-electron chi connectivity index (χ4n) is 2.06. The van der Waals surface area contributed by atoms with Crippen molar-refractivity contribution in [2.45, 2.75) is 19.8 Å². The Morgan fingerprint density at radius 1 is 1.33 bits per heavy atom. The van der Waals surface area contributed by atoms with Gasteiger partial charge in [0.25, 0.3) is 0 Å². The van der Waals surface area contributed by atoms with Crippen molar-refractivity contribution in [3.63, 3.8) is 0 Å². The van der Waals surface area contributed by atoms with Crippen molar-refractivity contribution >= 4 is 27.4 Å². The molecule has 0 fully saturated rings. The summed E-state index contributed by atoms with van der Waals surface area (Å²) in [4.78, 5) is 12.2. The predicted octanol–water partition coefficient (Wildman–Crippen LogP) is 3.73. The minimum absolute atomic E-state index is 0.0810. The normalized spacial score (nSPS) is 12.9. The maximum atomic E-state index is 11.3. The number of carbonyl (C=O) groups is 1. The van der Waals surface area contributed by atoms with Crippen molar-refractivity contribution in [3.05, 3.63) is 29.1 Å². The minimum Gasteiger partial charge on any atom is -0.497 e. The molecule has 0 aliphatic heterocycles. The van der Waals surface area contributed by atoms with Gasteiger partial charge in [0.05, 0.1) is 13.0 Å². The lowest BCUT2D eigenvalue weighted by Gasteiger charge is -2.13. The zero-order valence-corrected chi connectivity index (χ0v) is 11.5. The van der Waals surface area contributed by atoms with Crippen LogP contribution in [0.3, 0.4) is 0 Å². The highest BCUT2D eigenvalue weighted by Gasteiger charge is 2.25. The highest BCUT2D eigenvalue weighted by Crippen LogP contribution is 2.36. The first-order valence-electron chi connectivity index (χ1n) is 5.83. The van der Waals surface area contributed by atoms with E-state index in [-0.39, 0.29) is 5.92 Å². The first kappa shape index (κ1) is 12.9. The van der Waals surface area contributed by atoms with Crippen LogP contribution in [0, 0.1) is 5.92 Å². The molecule has 2 aromatic rings. The van der Waals surface area contributed by atoms with E-state index in [4.69, 9.17) is 4.74 Å². The van der Waals surface area contributed by atoms with E-state index in [2.05, 4.69) is 0 Å². The Hall–Kier alpha value is -1.55. The summed E-state index contributed by atoms with van der Waals surface area (Å²) in [6, 6.07) is 7.77. The van der Waals surface area contributed by atoms with E-state index in [1.807, 2.05) is 38.1 Å². The molecule has 1 aromatic heterocycles. The lowest BCUT2D eigenvalue weighted by atomic mass is 9.94. The van der Waals surface area contributed by atoms with Gasteiger partial charge in [0.1, 0.15) is 5.75 Å². The Labute approximate surface area is 110 Å². The molecule has 4 heteroatoms. The van der Waals surface area contributed by atoms with Crippen LogP contribution in [0.1, 0.15) is 24.6 Å². The quantitative estimate of drug-likeness (QED) is 0.915. The van der Waals surface area contributed by atoms with Crippen LogP contribution in [0.25, 0.3) is 10.1 Å². The summed E-state index contributed by atoms with van der Waals surface area (Å²) in [5, 5.41) is 10.3. The summed E-state index contributed by atoms with van der Waals surface area (Å²) in [6.07, 6.45) is 0. The summed E-state index contributed by atoms with van der Waals surface area (Å²) in [5.41, 5.74) is 0. The summed E-state index contributed by atoms with van der Waals surface area (Å²) in [7, 11) is 1.63. The maximum Gasteiger partial charge on any atom is 0.312 e. The Balaban J connectivity index is 2.48. The fourth-order valence-corrected chi connectivity index (χ4v) is 3.37. The number of fused-ring (bicyclic) bond motifs is 1. The first-order valence-corrected chi connectivity index (χ1v) is 6.65. The maximum absolute atomic E-state index is 11.3. The molecule has 0 aliphatic rings. The zero-order chi connectivity index (χ0) is 13.3. The number of benzene rings is 1. The third kappa shape index (κ3) is 2.34. The largest absolute Gasteiger partial charge is 0.497 e. The van der Waals surface area contributed by atoms with Crippen LogP contribution in [-0.4, -0.2) is 18.2 Å². The van der Waals surface area contributed by atoms with Gasteiger partial charge in [-0.1, -0.05) is 13.8 Å². The molecular weight excluding hydrogens is 248 g/mol. The second-order valence-electron chi connectivity index (χ2n) is 4.61. The number of hydrogen-bond donors (Lipinski definition) is 1. The van der Waals surface area contributed by atoms with E-state index in [0.29, 0.717) is 0 Å². The molecule has 0 aliphatic carbocycles. The van der Waals surface area contributed by atoms with Crippen LogP contribution in [0.15, 0.2) is 24.3 Å². The molecule has 0 spiro atoms. The Bertz CT molecular complexity index is 571. The topological polar surface area (TPSA) is 46.5 Å². The van der Waals surface area contributed by atoms with Crippen LogP contribution >= 0.6 is 11.3 Å². The predicted molar refractivity (Wildman–Crippen MR) is 73.6 cm³/mol. The molecule has 1 heterocycles. The number of thiophene rings is 1. The van der Waals surface area contributed by atoms with Crippen LogP contribution < -0.4 is 4.74 Å². The highest BCUT2D eigenvalue weighted by atomic mass is 32.1. The van der Waals surface area contributed by atoms with Crippen LogP contribution in [-0.2, 0) is 4.79 Å². The van der Waals surface area contributed by atoms with Gasteiger partial charge in [0.2, 0.25) is 0 Å². The van der Waals surface area contributed by atoms with Gasteiger partial charge in [0.15, 0.2) is 0 Å². The molecule has 1 aromatic carbocycles. The number of ether oxygens (including phenoxy) is 1. The Morgan fingerprint density at radius 3 is 2.61 bits per heavy atom. The third-order valence-corrected chi connectivity index (χ3v) is 4.18. The van der Waals surface area contributed by atoms with E-state index < -0.39 is 11.9 Å². The van der Waals surface area contributed by atoms with E-state index in [1.54, 1.807) is 18.4 Å². The fraction of sp³-hybridized carbons (Fsp3) is 0.357. The Morgan fingerprint density at radius 2 is 2.06 bits per heavy atom. The molecule has 1 unspecified atom stereocenters. The van der Waals surface area contributed by atoms with Crippen molar-refractivity contribution in [1.82, 2.24) is 0 Å². The van der Waals surface area contributed by atoms with Crippen molar-refractivity contribution in [2.75, 3.05) is 7.11 Å². The Kier molecular flexibility index (Phi) is 3.57. The number of rotatable bonds is 4. The molecule has 0 amide bonds. The van der Waals surface area contributed by atoms with Crippen molar-refractivity contribution in [2.24, 2.45) is 5.92 Å². The van der Waals surface area contributed by atoms with Gasteiger partial charge in [-0.05, 0) is 35.6 Å². The standard InChI is InChI=1S/C14H16O3S/c1-8(2)13(14(15)16)12-7-9-6-10(17-3)4-5-11(9)18-12/h4-8,13H,1-3H3,(H,15,16). The van der Waals surface area contributed by atoms with E-state index in [9.17, 15) is 9.90 Å². The number of methoxy groups -OCH3 is 1. The van der Waals surface area contributed by atoms with Gasteiger partial charge in [-0.3, -0.25) is 4.79 Å². The first-order chi connectivity index (χ1) is 8.52. The van der Waals surface area contributed by atoms with Gasteiger partial charge in [-0.2, -0.15) is 0 Å². The molecule has 1 atom stereocenters. The van der Waals surface area contributed by atoms with Crippen LogP contribution in [0.4, 0.5) is 0 Å². The molecule has 0 radical (unpaired) electrons. The number of carboxylic acid groups (broad SMARTS) is 1. The van der Waals surface area contributed by atoms with Gasteiger partial charge in [-0.25, -0.2) is 0 Å². The lowest BCUT2D eigenvalue weighted by molar-refractivity contribution is -0.139. The molecule has 1 N–H and O–H groups in total. The van der Waals surface area contributed by atoms with Crippen LogP contribution in [0.5, 0.6) is 5.75 Å². The molecule has 0 bridgehead atoms. The molecule has 3 nitrogen and oxygen atoms in total. The molecule has 96 valence electrons. The smallest absolute Gasteiger partial charge is 0.312 e. The second kappa shape index (κ2) is 4.98. The summed E-state index contributed by atoms with van der Waals surface area (Å²) >= 11 is 1.54. The average molecular weight is 264 g/mol. The average Bonchev–Trinajstić information content (AvgIpc) is 2.69. The molecule has 0 saturated carbocycles. The molecular formula is C14H16O3S. The number of aliphatic carboxylic acids is 1. The number of hydrogen-bond acceptors (Lipinski definition) is 3. The summed E-state index contributed by atoms with van der Waals surface area (Å²) in [6.45, 7) is 3.87. The van der Waals surface area contributed by atoms with Crippen molar-refractivity contribution in [3.8, 4) is 5.75 Å². The lowest BCUT2D eigenvalue weighted by Crippen LogP contribution is -2.16. The summed E-state index contributed by atoms with van der Waals surface area (Å²) in [5.74, 6) is -0.322. The molecule has 0 saturated heterocycles. The third-order valence-electron chi connectivity index (χ3n) is 2.98. The molecule has 18 heavy (non-hydrogen) atoms. The van der Waals surface area contributed by atoms with Crippen molar-refractivity contribution in [1.29, 1.82) is 0 Å². The van der Waals surface area contributed by atoms with Gasteiger partial charge in [-0.15, -0.1) is 11.3 Å².